The number of piperidine rings is 1. The fourth-order valence-electron chi connectivity index (χ4n) is 2.83. The molecule has 1 aliphatic heterocycles. The molecule has 130 valence electrons. The van der Waals surface area contributed by atoms with Gasteiger partial charge in [-0.25, -0.2) is 9.97 Å². The maximum Gasteiger partial charge on any atom is 0.282 e. The molecule has 1 aliphatic rings. The van der Waals surface area contributed by atoms with Gasteiger partial charge in [0.15, 0.2) is 0 Å². The average Bonchev–Trinajstić information content (AvgIpc) is 2.62. The number of aromatic nitrogens is 2. The zero-order chi connectivity index (χ0) is 17.8. The number of nitro benzene ring substituents is 1. The standard InChI is InChI=1S/C17H19N5O3/c1-12-6-8-21(9-7-12)16-10-15(18-11-19-16)20-17(23)13-4-2-3-5-14(13)22(24)25/h2-5,10-12H,6-9H2,1H3,(H,18,19,20,23). The monoisotopic (exact) mass is 341 g/mol. The van der Waals surface area contributed by atoms with Crippen LogP contribution < -0.4 is 10.2 Å². The number of nitrogens with one attached hydrogen (secondary N) is 1. The van der Waals surface area contributed by atoms with Crippen LogP contribution in [0.15, 0.2) is 36.7 Å². The molecule has 2 heterocycles. The predicted molar refractivity (Wildman–Crippen MR) is 93.7 cm³/mol. The molecule has 25 heavy (non-hydrogen) atoms. The van der Waals surface area contributed by atoms with E-state index in [0.717, 1.165) is 31.7 Å². The Bertz CT molecular complexity index is 787. The van der Waals surface area contributed by atoms with Gasteiger partial charge in [-0.15, -0.1) is 0 Å². The number of amides is 1. The van der Waals surface area contributed by atoms with Gasteiger partial charge in [-0.1, -0.05) is 19.1 Å². The topological polar surface area (TPSA) is 101 Å². The summed E-state index contributed by atoms with van der Waals surface area (Å²) in [4.78, 5) is 33.3. The molecule has 0 saturated carbocycles. The lowest BCUT2D eigenvalue weighted by molar-refractivity contribution is -0.385. The molecule has 0 spiro atoms. The van der Waals surface area contributed by atoms with Crippen molar-refractivity contribution >= 4 is 23.2 Å². The van der Waals surface area contributed by atoms with Crippen molar-refractivity contribution in [3.8, 4) is 0 Å². The first-order valence-electron chi connectivity index (χ1n) is 8.16. The van der Waals surface area contributed by atoms with Gasteiger partial charge in [0.25, 0.3) is 11.6 Å². The van der Waals surface area contributed by atoms with Gasteiger partial charge < -0.3 is 10.2 Å². The van der Waals surface area contributed by atoms with Crippen molar-refractivity contribution in [3.63, 3.8) is 0 Å². The number of hydrogen-bond donors (Lipinski definition) is 1. The number of carbonyl (C=O) groups excluding carboxylic acids is 1. The van der Waals surface area contributed by atoms with E-state index in [1.165, 1.54) is 24.5 Å². The van der Waals surface area contributed by atoms with Crippen LogP contribution in [0, 0.1) is 16.0 Å². The number of carbonyl (C=O) groups is 1. The van der Waals surface area contributed by atoms with Crippen LogP contribution in [0.3, 0.4) is 0 Å². The van der Waals surface area contributed by atoms with Crippen LogP contribution >= 0.6 is 0 Å². The van der Waals surface area contributed by atoms with Crippen LogP contribution in [-0.2, 0) is 0 Å². The Kier molecular flexibility index (Phi) is 4.87. The predicted octanol–water partition coefficient (Wildman–Crippen LogP) is 2.87. The Labute approximate surface area is 145 Å². The quantitative estimate of drug-likeness (QED) is 0.678. The number of hydrogen-bond acceptors (Lipinski definition) is 6. The van der Waals surface area contributed by atoms with Crippen molar-refractivity contribution in [2.45, 2.75) is 19.8 Å². The zero-order valence-electron chi connectivity index (χ0n) is 13.9. The molecule has 0 radical (unpaired) electrons. The van der Waals surface area contributed by atoms with E-state index in [1.54, 1.807) is 12.1 Å². The molecule has 0 atom stereocenters. The molecule has 1 fully saturated rings. The molecule has 2 aromatic rings. The normalized spacial score (nSPS) is 15.0. The minimum Gasteiger partial charge on any atom is -0.356 e. The van der Waals surface area contributed by atoms with Crippen molar-refractivity contribution in [3.05, 3.63) is 52.3 Å². The second kappa shape index (κ2) is 7.25. The Morgan fingerprint density at radius 2 is 2.00 bits per heavy atom. The van der Waals surface area contributed by atoms with Gasteiger partial charge >= 0.3 is 0 Å². The molecule has 0 bridgehead atoms. The lowest BCUT2D eigenvalue weighted by Crippen LogP contribution is -2.33. The third kappa shape index (κ3) is 3.90. The first kappa shape index (κ1) is 16.8. The van der Waals surface area contributed by atoms with Crippen molar-refractivity contribution < 1.29 is 9.72 Å². The highest BCUT2D eigenvalue weighted by Gasteiger charge is 2.21. The Balaban J connectivity index is 1.76. The first-order valence-corrected chi connectivity index (χ1v) is 8.16. The van der Waals surface area contributed by atoms with Crippen molar-refractivity contribution in [2.75, 3.05) is 23.3 Å². The molecule has 8 heteroatoms. The number of anilines is 2. The van der Waals surface area contributed by atoms with Crippen LogP contribution in [-0.4, -0.2) is 33.9 Å². The first-order chi connectivity index (χ1) is 12.0. The fraction of sp³-hybridized carbons (Fsp3) is 0.353. The SMILES string of the molecule is CC1CCN(c2cc(NC(=O)c3ccccc3[N+](=O)[O-])ncn2)CC1. The molecular weight excluding hydrogens is 322 g/mol. The van der Waals surface area contributed by atoms with Crippen molar-refractivity contribution in [2.24, 2.45) is 5.92 Å². The molecule has 1 aromatic heterocycles. The lowest BCUT2D eigenvalue weighted by atomic mass is 9.99. The highest BCUT2D eigenvalue weighted by molar-refractivity contribution is 6.06. The van der Waals surface area contributed by atoms with E-state index in [-0.39, 0.29) is 11.3 Å². The average molecular weight is 341 g/mol. The summed E-state index contributed by atoms with van der Waals surface area (Å²) in [5.74, 6) is 1.21. The number of rotatable bonds is 4. The summed E-state index contributed by atoms with van der Waals surface area (Å²) < 4.78 is 0. The van der Waals surface area contributed by atoms with Crippen LogP contribution in [0.5, 0.6) is 0 Å². The summed E-state index contributed by atoms with van der Waals surface area (Å²) in [6, 6.07) is 7.52. The molecule has 3 rings (SSSR count). The third-order valence-electron chi connectivity index (χ3n) is 4.35. The van der Waals surface area contributed by atoms with Gasteiger partial charge in [0, 0.05) is 25.2 Å². The van der Waals surface area contributed by atoms with Gasteiger partial charge in [0.2, 0.25) is 0 Å². The molecule has 1 aromatic carbocycles. The maximum absolute atomic E-state index is 12.4. The Morgan fingerprint density at radius 1 is 1.28 bits per heavy atom. The Morgan fingerprint density at radius 3 is 2.72 bits per heavy atom. The number of para-hydroxylation sites is 1. The number of nitrogens with zero attached hydrogens (tertiary/aromatic N) is 4. The summed E-state index contributed by atoms with van der Waals surface area (Å²) >= 11 is 0. The molecule has 0 unspecified atom stereocenters. The van der Waals surface area contributed by atoms with Gasteiger partial charge in [-0.3, -0.25) is 14.9 Å². The van der Waals surface area contributed by atoms with E-state index < -0.39 is 10.8 Å². The van der Waals surface area contributed by atoms with E-state index in [1.807, 2.05) is 0 Å². The highest BCUT2D eigenvalue weighted by Crippen LogP contribution is 2.23. The second-order valence-electron chi connectivity index (χ2n) is 6.16. The van der Waals surface area contributed by atoms with Gasteiger partial charge in [-0.05, 0) is 24.8 Å². The van der Waals surface area contributed by atoms with E-state index in [4.69, 9.17) is 0 Å². The highest BCUT2D eigenvalue weighted by atomic mass is 16.6. The smallest absolute Gasteiger partial charge is 0.282 e. The molecule has 1 amide bonds. The van der Waals surface area contributed by atoms with Gasteiger partial charge in [0.05, 0.1) is 4.92 Å². The molecule has 1 N–H and O–H groups in total. The summed E-state index contributed by atoms with van der Waals surface area (Å²) in [7, 11) is 0. The van der Waals surface area contributed by atoms with E-state index in [9.17, 15) is 14.9 Å². The van der Waals surface area contributed by atoms with E-state index >= 15 is 0 Å². The molecular formula is C17H19N5O3. The summed E-state index contributed by atoms with van der Waals surface area (Å²) in [6.07, 6.45) is 3.59. The lowest BCUT2D eigenvalue weighted by Gasteiger charge is -2.31. The Hall–Kier alpha value is -3.03. The minimum absolute atomic E-state index is 0.000500. The van der Waals surface area contributed by atoms with Gasteiger partial charge in [-0.2, -0.15) is 0 Å². The second-order valence-corrected chi connectivity index (χ2v) is 6.16. The largest absolute Gasteiger partial charge is 0.356 e. The van der Waals surface area contributed by atoms with E-state index in [2.05, 4.69) is 27.1 Å². The van der Waals surface area contributed by atoms with Gasteiger partial charge in [0.1, 0.15) is 23.5 Å². The summed E-state index contributed by atoms with van der Waals surface area (Å²) in [6.45, 7) is 4.06. The van der Waals surface area contributed by atoms with Crippen LogP contribution in [0.4, 0.5) is 17.3 Å². The molecule has 8 nitrogen and oxygen atoms in total. The van der Waals surface area contributed by atoms with Crippen LogP contribution in [0.1, 0.15) is 30.1 Å². The number of benzene rings is 1. The third-order valence-corrected chi connectivity index (χ3v) is 4.35. The molecule has 1 saturated heterocycles. The molecule has 0 aliphatic carbocycles. The minimum atomic E-state index is -0.574. The number of nitro groups is 1. The zero-order valence-corrected chi connectivity index (χ0v) is 13.9. The van der Waals surface area contributed by atoms with E-state index in [0.29, 0.717) is 11.7 Å². The summed E-state index contributed by atoms with van der Waals surface area (Å²) in [5, 5.41) is 13.7. The van der Waals surface area contributed by atoms with Crippen molar-refractivity contribution in [1.29, 1.82) is 0 Å². The van der Waals surface area contributed by atoms with Crippen LogP contribution in [0.2, 0.25) is 0 Å². The maximum atomic E-state index is 12.4. The summed E-state index contributed by atoms with van der Waals surface area (Å²) in [5.41, 5.74) is -0.237. The fourth-order valence-corrected chi connectivity index (χ4v) is 2.83. The van der Waals surface area contributed by atoms with Crippen molar-refractivity contribution in [1.82, 2.24) is 9.97 Å². The van der Waals surface area contributed by atoms with Crippen LogP contribution in [0.25, 0.3) is 0 Å².